The van der Waals surface area contributed by atoms with Crippen molar-refractivity contribution in [2.45, 2.75) is 19.9 Å². The molecule has 0 radical (unpaired) electrons. The van der Waals surface area contributed by atoms with Gasteiger partial charge in [0.15, 0.2) is 0 Å². The van der Waals surface area contributed by atoms with Gasteiger partial charge < -0.3 is 10.2 Å². The van der Waals surface area contributed by atoms with Gasteiger partial charge in [-0.2, -0.15) is 0 Å². The summed E-state index contributed by atoms with van der Waals surface area (Å²) in [7, 11) is 4.01. The molecule has 0 saturated carbocycles. The largest absolute Gasteiger partial charge is 0.348 e. The Morgan fingerprint density at radius 2 is 2.05 bits per heavy atom. The number of rotatable bonds is 5. The van der Waals surface area contributed by atoms with E-state index in [9.17, 15) is 4.79 Å². The summed E-state index contributed by atoms with van der Waals surface area (Å²) in [5.74, 6) is 0.315. The number of benzene rings is 1. The lowest BCUT2D eigenvalue weighted by molar-refractivity contribution is 0.0915. The lowest BCUT2D eigenvalue weighted by atomic mass is 10.0. The van der Waals surface area contributed by atoms with Crippen LogP contribution in [0.5, 0.6) is 0 Å². The number of carbonyl (C=O) groups excluding carboxylic acids is 1. The summed E-state index contributed by atoms with van der Waals surface area (Å²) in [6.45, 7) is 5.04. The van der Waals surface area contributed by atoms with Crippen molar-refractivity contribution in [1.82, 2.24) is 10.2 Å². The predicted octanol–water partition coefficient (Wildman–Crippen LogP) is 3.26. The predicted molar refractivity (Wildman–Crippen MR) is 88.8 cm³/mol. The van der Waals surface area contributed by atoms with Crippen molar-refractivity contribution in [1.29, 1.82) is 0 Å². The van der Waals surface area contributed by atoms with Crippen LogP contribution in [0.2, 0.25) is 5.02 Å². The van der Waals surface area contributed by atoms with Gasteiger partial charge in [-0.25, -0.2) is 0 Å². The van der Waals surface area contributed by atoms with Gasteiger partial charge in [-0.05, 0) is 60.8 Å². The Balaban J connectivity index is 2.84. The zero-order valence-electron chi connectivity index (χ0n) is 11.7. The molecule has 1 rings (SSSR count). The number of likely N-dealkylation sites (N-methyl/N-ethyl adjacent to an activating group) is 1. The Labute approximate surface area is 133 Å². The summed E-state index contributed by atoms with van der Waals surface area (Å²) in [6, 6.07) is 5.48. The van der Waals surface area contributed by atoms with Gasteiger partial charge in [-0.3, -0.25) is 4.79 Å². The van der Waals surface area contributed by atoms with Crippen LogP contribution >= 0.6 is 34.2 Å². The Kier molecular flexibility index (Phi) is 6.56. The molecule has 3 nitrogen and oxygen atoms in total. The Morgan fingerprint density at radius 1 is 1.42 bits per heavy atom. The highest BCUT2D eigenvalue weighted by molar-refractivity contribution is 14.1. The highest BCUT2D eigenvalue weighted by Gasteiger charge is 2.19. The molecule has 1 N–H and O–H groups in total. The highest BCUT2D eigenvalue weighted by atomic mass is 127. The second-order valence-corrected chi connectivity index (χ2v) is 6.81. The molecule has 1 atom stereocenters. The standard InChI is InChI=1S/C14H20ClIN2O/c1-9(2)13(8-18(3)4)17-14(19)11-7-10(15)5-6-12(11)16/h5-7,9,13H,8H2,1-4H3,(H,17,19). The fourth-order valence-corrected chi connectivity index (χ4v) is 2.49. The number of halogens is 2. The van der Waals surface area contributed by atoms with E-state index in [1.807, 2.05) is 20.2 Å². The van der Waals surface area contributed by atoms with Crippen LogP contribution in [0.15, 0.2) is 18.2 Å². The molecule has 19 heavy (non-hydrogen) atoms. The molecular weight excluding hydrogens is 375 g/mol. The first-order chi connectivity index (χ1) is 8.81. The lowest BCUT2D eigenvalue weighted by Gasteiger charge is -2.25. The summed E-state index contributed by atoms with van der Waals surface area (Å²) in [5.41, 5.74) is 0.637. The van der Waals surface area contributed by atoms with Crippen molar-refractivity contribution >= 4 is 40.1 Å². The molecule has 1 aromatic rings. The molecule has 0 aromatic heterocycles. The molecule has 0 bridgehead atoms. The number of hydrogen-bond donors (Lipinski definition) is 1. The van der Waals surface area contributed by atoms with Crippen molar-refractivity contribution in [3.8, 4) is 0 Å². The molecule has 0 aliphatic rings. The van der Waals surface area contributed by atoms with Crippen LogP contribution in [0, 0.1) is 9.49 Å². The average Bonchev–Trinajstić information content (AvgIpc) is 2.30. The topological polar surface area (TPSA) is 32.3 Å². The maximum Gasteiger partial charge on any atom is 0.252 e. The maximum atomic E-state index is 12.3. The van der Waals surface area contributed by atoms with E-state index >= 15 is 0 Å². The van der Waals surface area contributed by atoms with E-state index in [1.54, 1.807) is 12.1 Å². The van der Waals surface area contributed by atoms with Gasteiger partial charge in [0, 0.05) is 21.2 Å². The normalized spacial score (nSPS) is 12.8. The van der Waals surface area contributed by atoms with Crippen LogP contribution in [-0.4, -0.2) is 37.5 Å². The van der Waals surface area contributed by atoms with Crippen LogP contribution in [0.4, 0.5) is 0 Å². The summed E-state index contributed by atoms with van der Waals surface area (Å²) in [6.07, 6.45) is 0. The monoisotopic (exact) mass is 394 g/mol. The third-order valence-corrected chi connectivity index (χ3v) is 4.03. The van der Waals surface area contributed by atoms with E-state index in [-0.39, 0.29) is 11.9 Å². The van der Waals surface area contributed by atoms with E-state index in [4.69, 9.17) is 11.6 Å². The quantitative estimate of drug-likeness (QED) is 0.778. The van der Waals surface area contributed by atoms with Gasteiger partial charge in [-0.15, -0.1) is 0 Å². The summed E-state index contributed by atoms with van der Waals surface area (Å²) >= 11 is 8.10. The van der Waals surface area contributed by atoms with E-state index in [0.717, 1.165) is 10.1 Å². The van der Waals surface area contributed by atoms with Crippen molar-refractivity contribution in [2.75, 3.05) is 20.6 Å². The van der Waals surface area contributed by atoms with Crippen LogP contribution in [0.1, 0.15) is 24.2 Å². The van der Waals surface area contributed by atoms with Gasteiger partial charge >= 0.3 is 0 Å². The molecule has 106 valence electrons. The molecule has 0 aliphatic heterocycles. The van der Waals surface area contributed by atoms with Crippen LogP contribution in [0.3, 0.4) is 0 Å². The smallest absolute Gasteiger partial charge is 0.252 e. The average molecular weight is 395 g/mol. The van der Waals surface area contributed by atoms with Crippen LogP contribution < -0.4 is 5.32 Å². The van der Waals surface area contributed by atoms with E-state index in [2.05, 4.69) is 46.7 Å². The molecule has 1 amide bonds. The Hall–Kier alpha value is -0.330. The first kappa shape index (κ1) is 16.7. The minimum absolute atomic E-state index is 0.0625. The van der Waals surface area contributed by atoms with E-state index in [0.29, 0.717) is 16.5 Å². The molecule has 1 unspecified atom stereocenters. The minimum atomic E-state index is -0.0625. The van der Waals surface area contributed by atoms with Crippen LogP contribution in [-0.2, 0) is 0 Å². The zero-order chi connectivity index (χ0) is 14.6. The fraction of sp³-hybridized carbons (Fsp3) is 0.500. The summed E-state index contributed by atoms with van der Waals surface area (Å²) in [5, 5.41) is 3.67. The van der Waals surface area contributed by atoms with Crippen molar-refractivity contribution in [2.24, 2.45) is 5.92 Å². The van der Waals surface area contributed by atoms with E-state index in [1.165, 1.54) is 0 Å². The number of hydrogen-bond acceptors (Lipinski definition) is 2. The lowest BCUT2D eigenvalue weighted by Crippen LogP contribution is -2.45. The number of nitrogens with zero attached hydrogens (tertiary/aromatic N) is 1. The van der Waals surface area contributed by atoms with Gasteiger partial charge in [0.25, 0.3) is 5.91 Å². The molecule has 0 aliphatic carbocycles. The number of amides is 1. The van der Waals surface area contributed by atoms with E-state index < -0.39 is 0 Å². The SMILES string of the molecule is CC(C)C(CN(C)C)NC(=O)c1cc(Cl)ccc1I. The highest BCUT2D eigenvalue weighted by Crippen LogP contribution is 2.18. The molecule has 0 heterocycles. The second-order valence-electron chi connectivity index (χ2n) is 5.21. The van der Waals surface area contributed by atoms with Gasteiger partial charge in [0.2, 0.25) is 0 Å². The van der Waals surface area contributed by atoms with Gasteiger partial charge in [0.1, 0.15) is 0 Å². The minimum Gasteiger partial charge on any atom is -0.348 e. The molecule has 0 fully saturated rings. The fourth-order valence-electron chi connectivity index (χ4n) is 1.73. The van der Waals surface area contributed by atoms with Gasteiger partial charge in [0.05, 0.1) is 5.56 Å². The number of nitrogens with one attached hydrogen (secondary N) is 1. The second kappa shape index (κ2) is 7.45. The zero-order valence-corrected chi connectivity index (χ0v) is 14.6. The number of carbonyl (C=O) groups is 1. The van der Waals surface area contributed by atoms with Crippen molar-refractivity contribution in [3.05, 3.63) is 32.4 Å². The molecule has 1 aromatic carbocycles. The first-order valence-electron chi connectivity index (χ1n) is 6.22. The third-order valence-electron chi connectivity index (χ3n) is 2.86. The van der Waals surface area contributed by atoms with Crippen molar-refractivity contribution in [3.63, 3.8) is 0 Å². The molecule has 0 spiro atoms. The molecule has 0 saturated heterocycles. The van der Waals surface area contributed by atoms with Gasteiger partial charge in [-0.1, -0.05) is 25.4 Å². The molecule has 5 heteroatoms. The maximum absolute atomic E-state index is 12.3. The molecular formula is C14H20ClIN2O. The first-order valence-corrected chi connectivity index (χ1v) is 7.67. The Morgan fingerprint density at radius 3 is 2.58 bits per heavy atom. The summed E-state index contributed by atoms with van der Waals surface area (Å²) in [4.78, 5) is 14.4. The third kappa shape index (κ3) is 5.28. The van der Waals surface area contributed by atoms with Crippen molar-refractivity contribution < 1.29 is 4.79 Å². The summed E-state index contributed by atoms with van der Waals surface area (Å²) < 4.78 is 0.909. The van der Waals surface area contributed by atoms with Crippen LogP contribution in [0.25, 0.3) is 0 Å². The Bertz CT molecular complexity index is 449.